The van der Waals surface area contributed by atoms with Crippen molar-refractivity contribution in [3.05, 3.63) is 0 Å². The van der Waals surface area contributed by atoms with Crippen LogP contribution in [0.5, 0.6) is 0 Å². The molecular weight excluding hydrogens is 143 g/mol. The van der Waals surface area contributed by atoms with E-state index < -0.39 is 0 Å². The highest BCUT2D eigenvalue weighted by atomic mass is 14.3. The van der Waals surface area contributed by atoms with E-state index in [1.54, 1.807) is 0 Å². The predicted octanol–water partition coefficient (Wildman–Crippen LogP) is 3.50. The van der Waals surface area contributed by atoms with Gasteiger partial charge in [-0.15, -0.1) is 0 Å². The first-order valence-corrected chi connectivity index (χ1v) is 5.75. The van der Waals surface area contributed by atoms with Crippen molar-refractivity contribution in [3.63, 3.8) is 0 Å². The molecule has 12 heavy (non-hydrogen) atoms. The van der Waals surface area contributed by atoms with Crippen LogP contribution in [-0.4, -0.2) is 7.28 Å². The predicted molar refractivity (Wildman–Crippen MR) is 58.2 cm³/mol. The van der Waals surface area contributed by atoms with Crippen molar-refractivity contribution < 1.29 is 0 Å². The molecule has 0 aromatic heterocycles. The van der Waals surface area contributed by atoms with Gasteiger partial charge in [0.15, 0.2) is 0 Å². The summed E-state index contributed by atoms with van der Waals surface area (Å²) in [6, 6.07) is 0. The Bertz CT molecular complexity index is 122. The molecule has 0 bridgehead atoms. The summed E-state index contributed by atoms with van der Waals surface area (Å²) in [6.45, 7) is 7.20. The highest BCUT2D eigenvalue weighted by Crippen LogP contribution is 2.38. The SMILES string of the molecule is CCCB[C@@H]1CCCC(C)C1C. The number of rotatable bonds is 3. The molecule has 3 atom stereocenters. The first kappa shape index (κ1) is 10.1. The normalized spacial score (nSPS) is 36.4. The highest BCUT2D eigenvalue weighted by molar-refractivity contribution is 6.37. The second-order valence-corrected chi connectivity index (χ2v) is 4.67. The average molecular weight is 166 g/mol. The Morgan fingerprint density at radius 1 is 1.25 bits per heavy atom. The van der Waals surface area contributed by atoms with E-state index in [1.165, 1.54) is 39.3 Å². The topological polar surface area (TPSA) is 0 Å². The summed E-state index contributed by atoms with van der Waals surface area (Å²) in [5.74, 6) is 3.03. The standard InChI is InChI=1S/C11H23B/c1-4-8-12-11-7-5-6-9(2)10(11)3/h9-12H,4-8H2,1-3H3/t9?,10?,11-/m1/s1. The van der Waals surface area contributed by atoms with Gasteiger partial charge in [-0.1, -0.05) is 58.6 Å². The molecule has 1 heteroatoms. The fraction of sp³-hybridized carbons (Fsp3) is 1.00. The molecule has 1 rings (SSSR count). The van der Waals surface area contributed by atoms with Gasteiger partial charge in [0.05, 0.1) is 0 Å². The van der Waals surface area contributed by atoms with Crippen LogP contribution in [0.25, 0.3) is 0 Å². The first-order chi connectivity index (χ1) is 5.75. The van der Waals surface area contributed by atoms with Crippen LogP contribution in [-0.2, 0) is 0 Å². The third kappa shape index (κ3) is 2.53. The van der Waals surface area contributed by atoms with Gasteiger partial charge < -0.3 is 0 Å². The van der Waals surface area contributed by atoms with E-state index in [4.69, 9.17) is 0 Å². The molecule has 0 aliphatic heterocycles. The third-order valence-corrected chi connectivity index (χ3v) is 3.80. The van der Waals surface area contributed by atoms with E-state index in [0.29, 0.717) is 0 Å². The van der Waals surface area contributed by atoms with Crippen LogP contribution in [0.3, 0.4) is 0 Å². The summed E-state index contributed by atoms with van der Waals surface area (Å²) < 4.78 is 0. The van der Waals surface area contributed by atoms with Gasteiger partial charge in [0.1, 0.15) is 7.28 Å². The van der Waals surface area contributed by atoms with Crippen molar-refractivity contribution in [1.29, 1.82) is 0 Å². The van der Waals surface area contributed by atoms with Crippen LogP contribution < -0.4 is 0 Å². The molecular formula is C11H23B. The summed E-state index contributed by atoms with van der Waals surface area (Å²) in [7, 11) is 1.49. The van der Waals surface area contributed by atoms with E-state index in [2.05, 4.69) is 20.8 Å². The highest BCUT2D eigenvalue weighted by Gasteiger charge is 2.26. The van der Waals surface area contributed by atoms with Crippen LogP contribution in [0.15, 0.2) is 0 Å². The summed E-state index contributed by atoms with van der Waals surface area (Å²) in [5, 5.41) is 0. The second kappa shape index (κ2) is 4.94. The number of hydrogen-bond donors (Lipinski definition) is 0. The molecule has 0 heterocycles. The molecule has 70 valence electrons. The maximum Gasteiger partial charge on any atom is 0.124 e. The van der Waals surface area contributed by atoms with Gasteiger partial charge in [-0.3, -0.25) is 0 Å². The smallest absolute Gasteiger partial charge is 0.0774 e. The zero-order valence-corrected chi connectivity index (χ0v) is 8.97. The van der Waals surface area contributed by atoms with E-state index in [1.807, 2.05) is 0 Å². The van der Waals surface area contributed by atoms with Crippen LogP contribution in [0.2, 0.25) is 12.1 Å². The summed E-state index contributed by atoms with van der Waals surface area (Å²) in [4.78, 5) is 0. The molecule has 1 saturated carbocycles. The van der Waals surface area contributed by atoms with E-state index in [0.717, 1.165) is 17.7 Å². The van der Waals surface area contributed by atoms with E-state index >= 15 is 0 Å². The fourth-order valence-electron chi connectivity index (χ4n) is 2.57. The molecule has 0 aromatic rings. The first-order valence-electron chi connectivity index (χ1n) is 5.75. The van der Waals surface area contributed by atoms with Gasteiger partial charge in [-0.05, 0) is 11.8 Å². The minimum atomic E-state index is 0.987. The maximum atomic E-state index is 2.46. The van der Waals surface area contributed by atoms with Gasteiger partial charge in [0.25, 0.3) is 0 Å². The zero-order valence-electron chi connectivity index (χ0n) is 8.97. The molecule has 0 aromatic carbocycles. The minimum Gasteiger partial charge on any atom is -0.0774 e. The van der Waals surface area contributed by atoms with Crippen molar-refractivity contribution in [3.8, 4) is 0 Å². The monoisotopic (exact) mass is 166 g/mol. The largest absolute Gasteiger partial charge is 0.124 e. The fourth-order valence-corrected chi connectivity index (χ4v) is 2.57. The average Bonchev–Trinajstić information content (AvgIpc) is 2.08. The van der Waals surface area contributed by atoms with Gasteiger partial charge in [-0.25, -0.2) is 0 Å². The van der Waals surface area contributed by atoms with Crippen molar-refractivity contribution in [1.82, 2.24) is 0 Å². The summed E-state index contributed by atoms with van der Waals surface area (Å²) in [6.07, 6.45) is 7.29. The van der Waals surface area contributed by atoms with Gasteiger partial charge >= 0.3 is 0 Å². The van der Waals surface area contributed by atoms with E-state index in [9.17, 15) is 0 Å². The lowest BCUT2D eigenvalue weighted by atomic mass is 9.51. The second-order valence-electron chi connectivity index (χ2n) is 4.67. The summed E-state index contributed by atoms with van der Waals surface area (Å²) in [5.41, 5.74) is 0. The Kier molecular flexibility index (Phi) is 4.18. The quantitative estimate of drug-likeness (QED) is 0.563. The Morgan fingerprint density at radius 3 is 2.67 bits per heavy atom. The Labute approximate surface area is 78.4 Å². The van der Waals surface area contributed by atoms with Crippen LogP contribution in [0.4, 0.5) is 0 Å². The third-order valence-electron chi connectivity index (χ3n) is 3.80. The van der Waals surface area contributed by atoms with Crippen LogP contribution >= 0.6 is 0 Å². The molecule has 2 unspecified atom stereocenters. The number of hydrogen-bond acceptors (Lipinski definition) is 0. The molecule has 1 aliphatic carbocycles. The minimum absolute atomic E-state index is 0.987. The van der Waals surface area contributed by atoms with Crippen molar-refractivity contribution in [2.45, 2.75) is 58.6 Å². The summed E-state index contributed by atoms with van der Waals surface area (Å²) >= 11 is 0. The van der Waals surface area contributed by atoms with Gasteiger partial charge in [-0.2, -0.15) is 0 Å². The van der Waals surface area contributed by atoms with Crippen molar-refractivity contribution >= 4 is 7.28 Å². The van der Waals surface area contributed by atoms with Gasteiger partial charge in [0, 0.05) is 0 Å². The van der Waals surface area contributed by atoms with E-state index in [-0.39, 0.29) is 0 Å². The Morgan fingerprint density at radius 2 is 2.00 bits per heavy atom. The van der Waals surface area contributed by atoms with Crippen molar-refractivity contribution in [2.24, 2.45) is 11.8 Å². The molecule has 0 nitrogen and oxygen atoms in total. The molecule has 0 radical (unpaired) electrons. The lowest BCUT2D eigenvalue weighted by molar-refractivity contribution is 0.276. The zero-order chi connectivity index (χ0) is 8.97. The Balaban J connectivity index is 2.30. The van der Waals surface area contributed by atoms with Gasteiger partial charge in [0.2, 0.25) is 0 Å². The lowest BCUT2D eigenvalue weighted by Crippen LogP contribution is -2.23. The molecule has 0 N–H and O–H groups in total. The van der Waals surface area contributed by atoms with Crippen LogP contribution in [0, 0.1) is 11.8 Å². The van der Waals surface area contributed by atoms with Crippen LogP contribution in [0.1, 0.15) is 46.5 Å². The molecule has 0 amide bonds. The molecule has 0 saturated heterocycles. The molecule has 1 aliphatic rings. The maximum absolute atomic E-state index is 2.46. The molecule has 1 fully saturated rings. The lowest BCUT2D eigenvalue weighted by Gasteiger charge is -2.33. The van der Waals surface area contributed by atoms with Crippen molar-refractivity contribution in [2.75, 3.05) is 0 Å². The molecule has 0 spiro atoms. The Hall–Kier alpha value is 0.0649.